The van der Waals surface area contributed by atoms with E-state index in [2.05, 4.69) is 10.6 Å². The van der Waals surface area contributed by atoms with E-state index < -0.39 is 6.10 Å². The number of morpholine rings is 1. The standard InChI is InChI=1S/C16H24ClN3O4/c17-13-2-1-3-15(10-13)24-12-14(21)11-18-4-5-19-16(22)20-6-8-23-9-7-20/h1-3,10,14,18,21H,4-9,11-12H2,(H,19,22). The average molecular weight is 358 g/mol. The van der Waals surface area contributed by atoms with Crippen LogP contribution < -0.4 is 15.4 Å². The van der Waals surface area contributed by atoms with Gasteiger partial charge in [0.1, 0.15) is 18.5 Å². The summed E-state index contributed by atoms with van der Waals surface area (Å²) in [6.45, 7) is 4.05. The minimum atomic E-state index is -0.640. The van der Waals surface area contributed by atoms with E-state index in [-0.39, 0.29) is 12.6 Å². The van der Waals surface area contributed by atoms with Gasteiger partial charge in [-0.3, -0.25) is 0 Å². The first-order chi connectivity index (χ1) is 11.6. The molecular weight excluding hydrogens is 334 g/mol. The Morgan fingerprint density at radius 1 is 1.38 bits per heavy atom. The molecule has 1 atom stereocenters. The van der Waals surface area contributed by atoms with Gasteiger partial charge in [0.05, 0.1) is 13.2 Å². The number of ether oxygens (including phenoxy) is 2. The lowest BCUT2D eigenvalue weighted by atomic mass is 10.3. The number of nitrogens with one attached hydrogen (secondary N) is 2. The second-order valence-corrected chi connectivity index (χ2v) is 5.89. The van der Waals surface area contributed by atoms with Crippen LogP contribution in [0.3, 0.4) is 0 Å². The lowest BCUT2D eigenvalue weighted by molar-refractivity contribution is 0.0532. The van der Waals surface area contributed by atoms with Crippen molar-refractivity contribution in [3.8, 4) is 5.75 Å². The monoisotopic (exact) mass is 357 g/mol. The molecule has 1 aromatic rings. The maximum Gasteiger partial charge on any atom is 0.317 e. The molecule has 3 N–H and O–H groups in total. The Morgan fingerprint density at radius 2 is 2.17 bits per heavy atom. The topological polar surface area (TPSA) is 83.1 Å². The molecule has 1 unspecified atom stereocenters. The lowest BCUT2D eigenvalue weighted by Crippen LogP contribution is -2.47. The smallest absolute Gasteiger partial charge is 0.317 e. The minimum absolute atomic E-state index is 0.0788. The van der Waals surface area contributed by atoms with E-state index in [0.29, 0.717) is 56.7 Å². The highest BCUT2D eigenvalue weighted by Gasteiger charge is 2.15. The number of carbonyl (C=O) groups is 1. The molecule has 1 aliphatic heterocycles. The number of hydrogen-bond acceptors (Lipinski definition) is 5. The van der Waals surface area contributed by atoms with Gasteiger partial charge >= 0.3 is 6.03 Å². The van der Waals surface area contributed by atoms with Gasteiger partial charge in [0.15, 0.2) is 0 Å². The number of aliphatic hydroxyl groups excluding tert-OH is 1. The molecule has 134 valence electrons. The van der Waals surface area contributed by atoms with Gasteiger partial charge in [-0.05, 0) is 18.2 Å². The Labute approximate surface area is 146 Å². The van der Waals surface area contributed by atoms with Crippen LogP contribution in [-0.4, -0.2) is 74.7 Å². The van der Waals surface area contributed by atoms with Crippen LogP contribution in [0.4, 0.5) is 4.79 Å². The van der Waals surface area contributed by atoms with Crippen molar-refractivity contribution in [3.05, 3.63) is 29.3 Å². The zero-order valence-corrected chi connectivity index (χ0v) is 14.3. The highest BCUT2D eigenvalue weighted by Crippen LogP contribution is 2.17. The number of amides is 2. The fraction of sp³-hybridized carbons (Fsp3) is 0.562. The predicted octanol–water partition coefficient (Wildman–Crippen LogP) is 0.711. The summed E-state index contributed by atoms with van der Waals surface area (Å²) in [5, 5.41) is 16.4. The first kappa shape index (κ1) is 18.8. The van der Waals surface area contributed by atoms with Crippen molar-refractivity contribution >= 4 is 17.6 Å². The van der Waals surface area contributed by atoms with Crippen molar-refractivity contribution < 1.29 is 19.4 Å². The Bertz CT molecular complexity index is 512. The predicted molar refractivity (Wildman–Crippen MR) is 91.6 cm³/mol. The van der Waals surface area contributed by atoms with E-state index in [1.807, 2.05) is 0 Å². The number of rotatable bonds is 8. The fourth-order valence-electron chi connectivity index (χ4n) is 2.21. The van der Waals surface area contributed by atoms with Gasteiger partial charge in [-0.15, -0.1) is 0 Å². The van der Waals surface area contributed by atoms with E-state index in [1.54, 1.807) is 29.2 Å². The quantitative estimate of drug-likeness (QED) is 0.597. The maximum atomic E-state index is 11.8. The molecule has 24 heavy (non-hydrogen) atoms. The molecule has 8 heteroatoms. The van der Waals surface area contributed by atoms with E-state index in [0.717, 1.165) is 0 Å². The van der Waals surface area contributed by atoms with Gasteiger partial charge in [0.25, 0.3) is 0 Å². The summed E-state index contributed by atoms with van der Waals surface area (Å²) < 4.78 is 10.7. The molecule has 7 nitrogen and oxygen atoms in total. The second-order valence-electron chi connectivity index (χ2n) is 5.46. The molecule has 0 aromatic heterocycles. The van der Waals surface area contributed by atoms with Crippen LogP contribution in [0.5, 0.6) is 5.75 Å². The van der Waals surface area contributed by atoms with Crippen LogP contribution in [0, 0.1) is 0 Å². The van der Waals surface area contributed by atoms with Crippen LogP contribution >= 0.6 is 11.6 Å². The van der Waals surface area contributed by atoms with Crippen LogP contribution in [0.25, 0.3) is 0 Å². The Hall–Kier alpha value is -1.54. The Kier molecular flexibility index (Phi) is 8.11. The van der Waals surface area contributed by atoms with Crippen LogP contribution in [-0.2, 0) is 4.74 Å². The fourth-order valence-corrected chi connectivity index (χ4v) is 2.39. The number of nitrogens with zero attached hydrogens (tertiary/aromatic N) is 1. The zero-order valence-electron chi connectivity index (χ0n) is 13.5. The number of aliphatic hydroxyl groups is 1. The SMILES string of the molecule is O=C(NCCNCC(O)COc1cccc(Cl)c1)N1CCOCC1. The van der Waals surface area contributed by atoms with Gasteiger partial charge in [-0.2, -0.15) is 0 Å². The lowest BCUT2D eigenvalue weighted by Gasteiger charge is -2.27. The molecule has 0 bridgehead atoms. The number of hydrogen-bond donors (Lipinski definition) is 3. The van der Waals surface area contributed by atoms with Crippen molar-refractivity contribution in [3.63, 3.8) is 0 Å². The van der Waals surface area contributed by atoms with Crippen molar-refractivity contribution in [2.24, 2.45) is 0 Å². The van der Waals surface area contributed by atoms with Gasteiger partial charge in [-0.1, -0.05) is 17.7 Å². The molecule has 1 aromatic carbocycles. The molecular formula is C16H24ClN3O4. The van der Waals surface area contributed by atoms with Crippen molar-refractivity contribution in [1.82, 2.24) is 15.5 Å². The molecule has 2 amide bonds. The van der Waals surface area contributed by atoms with Crippen molar-refractivity contribution in [2.45, 2.75) is 6.10 Å². The zero-order chi connectivity index (χ0) is 17.2. The molecule has 1 fully saturated rings. The summed E-state index contributed by atoms with van der Waals surface area (Å²) in [6.07, 6.45) is -0.640. The molecule has 1 heterocycles. The normalized spacial score (nSPS) is 15.8. The molecule has 0 aliphatic carbocycles. The Morgan fingerprint density at radius 3 is 2.92 bits per heavy atom. The molecule has 2 rings (SSSR count). The van der Waals surface area contributed by atoms with Gasteiger partial charge in [0.2, 0.25) is 0 Å². The summed E-state index contributed by atoms with van der Waals surface area (Å²) >= 11 is 5.86. The van der Waals surface area contributed by atoms with Crippen LogP contribution in [0.2, 0.25) is 5.02 Å². The van der Waals surface area contributed by atoms with Crippen molar-refractivity contribution in [2.75, 3.05) is 52.5 Å². The van der Waals surface area contributed by atoms with Gasteiger partial charge < -0.3 is 30.1 Å². The average Bonchev–Trinajstić information content (AvgIpc) is 2.60. The third kappa shape index (κ3) is 6.92. The molecule has 1 saturated heterocycles. The third-order valence-corrected chi connectivity index (χ3v) is 3.73. The molecule has 0 radical (unpaired) electrons. The van der Waals surface area contributed by atoms with Gasteiger partial charge in [-0.25, -0.2) is 4.79 Å². The van der Waals surface area contributed by atoms with E-state index in [9.17, 15) is 9.90 Å². The number of carbonyl (C=O) groups excluding carboxylic acids is 1. The van der Waals surface area contributed by atoms with E-state index in [4.69, 9.17) is 21.1 Å². The summed E-state index contributed by atoms with van der Waals surface area (Å²) in [5.74, 6) is 0.624. The van der Waals surface area contributed by atoms with Gasteiger partial charge in [0, 0.05) is 37.7 Å². The summed E-state index contributed by atoms with van der Waals surface area (Å²) in [6, 6.07) is 6.96. The first-order valence-corrected chi connectivity index (χ1v) is 8.40. The van der Waals surface area contributed by atoms with Crippen LogP contribution in [0.1, 0.15) is 0 Å². The van der Waals surface area contributed by atoms with E-state index >= 15 is 0 Å². The largest absolute Gasteiger partial charge is 0.491 e. The minimum Gasteiger partial charge on any atom is -0.491 e. The van der Waals surface area contributed by atoms with Crippen molar-refractivity contribution in [1.29, 1.82) is 0 Å². The summed E-state index contributed by atoms with van der Waals surface area (Å²) in [7, 11) is 0. The second kappa shape index (κ2) is 10.4. The third-order valence-electron chi connectivity index (χ3n) is 3.49. The van der Waals surface area contributed by atoms with Crippen LogP contribution in [0.15, 0.2) is 24.3 Å². The molecule has 0 saturated carbocycles. The van der Waals surface area contributed by atoms with E-state index in [1.165, 1.54) is 0 Å². The number of benzene rings is 1. The highest BCUT2D eigenvalue weighted by atomic mass is 35.5. The Balaban J connectivity index is 1.51. The molecule has 1 aliphatic rings. The number of urea groups is 1. The summed E-state index contributed by atoms with van der Waals surface area (Å²) in [5.41, 5.74) is 0. The highest BCUT2D eigenvalue weighted by molar-refractivity contribution is 6.30. The first-order valence-electron chi connectivity index (χ1n) is 8.03. The molecule has 0 spiro atoms. The maximum absolute atomic E-state index is 11.8. The summed E-state index contributed by atoms with van der Waals surface area (Å²) in [4.78, 5) is 13.6. The number of halogens is 1.